The molecule has 0 atom stereocenters. The normalized spacial score (nSPS) is 12.9. The highest BCUT2D eigenvalue weighted by Gasteiger charge is 2.30. The monoisotopic (exact) mass is 348 g/mol. The molecule has 0 aliphatic rings. The molecule has 8 heteroatoms. The van der Waals surface area contributed by atoms with Gasteiger partial charge in [0.25, 0.3) is 0 Å². The first-order valence-electron chi connectivity index (χ1n) is 4.57. The number of halogens is 4. The van der Waals surface area contributed by atoms with Gasteiger partial charge in [0.2, 0.25) is 0 Å². The van der Waals surface area contributed by atoms with Crippen molar-refractivity contribution in [1.82, 2.24) is 0 Å². The number of rotatable bonds is 4. The van der Waals surface area contributed by atoms with Gasteiger partial charge in [-0.2, -0.15) is 0 Å². The van der Waals surface area contributed by atoms with Crippen molar-refractivity contribution in [3.63, 3.8) is 0 Å². The third kappa shape index (κ3) is 3.23. The molecule has 0 heterocycles. The fourth-order valence-corrected chi connectivity index (χ4v) is 3.59. The number of benzene rings is 1. The molecule has 0 aliphatic carbocycles. The fourth-order valence-electron chi connectivity index (χ4n) is 1.26. The highest BCUT2D eigenvalue weighted by Crippen LogP contribution is 2.60. The minimum atomic E-state index is -3.53. The molecule has 1 aromatic carbocycles. The summed E-state index contributed by atoms with van der Waals surface area (Å²) >= 11 is 23.4. The number of hydrogen-bond donors (Lipinski definition) is 0. The van der Waals surface area contributed by atoms with Crippen molar-refractivity contribution in [3.05, 3.63) is 38.3 Å². The van der Waals surface area contributed by atoms with Crippen molar-refractivity contribution in [2.75, 3.05) is 14.2 Å². The van der Waals surface area contributed by atoms with E-state index in [1.54, 1.807) is 0 Å². The van der Waals surface area contributed by atoms with Crippen molar-refractivity contribution in [2.24, 2.45) is 0 Å². The summed E-state index contributed by atoms with van der Waals surface area (Å²) in [5.41, 5.74) is 1.42. The van der Waals surface area contributed by atoms with Crippen LogP contribution in [0.25, 0.3) is 5.31 Å². The first-order valence-corrected chi connectivity index (χ1v) is 7.68. The van der Waals surface area contributed by atoms with Crippen molar-refractivity contribution in [2.45, 2.75) is 0 Å². The van der Waals surface area contributed by atoms with Crippen LogP contribution in [-0.4, -0.2) is 14.2 Å². The largest absolute Gasteiger partial charge is 0.362 e. The molecule has 0 aliphatic heterocycles. The van der Waals surface area contributed by atoms with Gasteiger partial charge in [-0.1, -0.05) is 46.4 Å². The van der Waals surface area contributed by atoms with Gasteiger partial charge in [0.1, 0.15) is 0 Å². The van der Waals surface area contributed by atoms with Gasteiger partial charge in [-0.3, -0.25) is 4.57 Å². The van der Waals surface area contributed by atoms with Crippen molar-refractivity contribution >= 4 is 59.3 Å². The minimum Gasteiger partial charge on any atom is -0.309 e. The topological polar surface area (TPSA) is 35.5 Å². The van der Waals surface area contributed by atoms with Gasteiger partial charge in [0, 0.05) is 25.3 Å². The molecule has 1 aromatic rings. The summed E-state index contributed by atoms with van der Waals surface area (Å²) in [6, 6.07) is 2.88. The van der Waals surface area contributed by atoms with Gasteiger partial charge >= 0.3 is 7.60 Å². The molecule has 1 rings (SSSR count). The molecule has 0 aromatic heterocycles. The first-order chi connectivity index (χ1) is 8.39. The van der Waals surface area contributed by atoms with Crippen LogP contribution in [0.1, 0.15) is 5.56 Å². The quantitative estimate of drug-likeness (QED) is 0.519. The van der Waals surface area contributed by atoms with Crippen LogP contribution in [0.3, 0.4) is 0 Å². The second-order valence-electron chi connectivity index (χ2n) is 3.10. The summed E-state index contributed by atoms with van der Waals surface area (Å²) in [6.07, 6.45) is 0. The van der Waals surface area contributed by atoms with Crippen LogP contribution in [0.5, 0.6) is 0 Å². The lowest BCUT2D eigenvalue weighted by Crippen LogP contribution is -1.94. The Morgan fingerprint density at radius 2 is 1.61 bits per heavy atom. The molecule has 0 bridgehead atoms. The molecule has 0 radical (unpaired) electrons. The summed E-state index contributed by atoms with van der Waals surface area (Å²) in [5.74, 6) is 0. The first kappa shape index (κ1) is 16.3. The van der Waals surface area contributed by atoms with E-state index in [4.69, 9.17) is 55.5 Å². The Labute approximate surface area is 125 Å². The van der Waals surface area contributed by atoms with Gasteiger partial charge in [0.05, 0.1) is 20.4 Å². The summed E-state index contributed by atoms with van der Waals surface area (Å²) in [7, 11) is -1.04. The Kier molecular flexibility index (Phi) is 6.01. The van der Waals surface area contributed by atoms with Crippen LogP contribution >= 0.6 is 54.0 Å². The smallest absolute Gasteiger partial charge is 0.309 e. The van der Waals surface area contributed by atoms with Crippen molar-refractivity contribution in [1.29, 1.82) is 0 Å². The summed E-state index contributed by atoms with van der Waals surface area (Å²) in [4.78, 5) is 0. The van der Waals surface area contributed by atoms with E-state index in [2.05, 4.69) is 0 Å². The van der Waals surface area contributed by atoms with Crippen LogP contribution < -0.4 is 0 Å². The SMILES string of the molecule is COP(=O)(OC)/C(=C/Cl)c1cc(Cl)c(Cl)cc1Cl. The van der Waals surface area contributed by atoms with E-state index in [9.17, 15) is 4.57 Å². The molecular formula is C10H9Cl4O3P. The average Bonchev–Trinajstić information content (AvgIpc) is 2.35. The molecule has 0 fully saturated rings. The Morgan fingerprint density at radius 3 is 2.06 bits per heavy atom. The Balaban J connectivity index is 3.45. The Hall–Kier alpha value is 0.270. The lowest BCUT2D eigenvalue weighted by Gasteiger charge is -2.18. The summed E-state index contributed by atoms with van der Waals surface area (Å²) in [6.45, 7) is 0. The third-order valence-electron chi connectivity index (χ3n) is 2.17. The second-order valence-corrected chi connectivity index (χ2v) is 6.75. The third-order valence-corrected chi connectivity index (χ3v) is 5.49. The van der Waals surface area contributed by atoms with Gasteiger partial charge in [-0.15, -0.1) is 0 Å². The molecule has 18 heavy (non-hydrogen) atoms. The van der Waals surface area contributed by atoms with Crippen molar-refractivity contribution < 1.29 is 13.6 Å². The standard InChI is InChI=1S/C10H9Cl4O3P/c1-16-18(15,17-2)10(5-11)6-3-8(13)9(14)4-7(6)12/h3-5H,1-2H3/b10-5+. The maximum Gasteiger partial charge on any atom is 0.362 e. The lowest BCUT2D eigenvalue weighted by molar-refractivity contribution is 0.288. The van der Waals surface area contributed by atoms with Crippen LogP contribution in [0, 0.1) is 0 Å². The molecule has 0 spiro atoms. The molecule has 0 amide bonds. The molecule has 0 saturated carbocycles. The fraction of sp³-hybridized carbons (Fsp3) is 0.200. The molecule has 0 unspecified atom stereocenters. The predicted octanol–water partition coefficient (Wildman–Crippen LogP) is 5.67. The van der Waals surface area contributed by atoms with Gasteiger partial charge < -0.3 is 9.05 Å². The van der Waals surface area contributed by atoms with E-state index < -0.39 is 7.60 Å². The minimum absolute atomic E-state index is 0.109. The zero-order valence-corrected chi connectivity index (χ0v) is 13.3. The highest BCUT2D eigenvalue weighted by molar-refractivity contribution is 7.65. The molecule has 3 nitrogen and oxygen atoms in total. The van der Waals surface area contributed by atoms with Crippen LogP contribution in [0.2, 0.25) is 15.1 Å². The van der Waals surface area contributed by atoms with Crippen LogP contribution in [0.15, 0.2) is 17.7 Å². The maximum atomic E-state index is 12.3. The summed E-state index contributed by atoms with van der Waals surface area (Å²) in [5, 5.41) is 0.887. The van der Waals surface area contributed by atoms with Crippen molar-refractivity contribution in [3.8, 4) is 0 Å². The van der Waals surface area contributed by atoms with E-state index in [1.807, 2.05) is 0 Å². The second kappa shape index (κ2) is 6.62. The van der Waals surface area contributed by atoms with E-state index in [0.717, 1.165) is 5.54 Å². The van der Waals surface area contributed by atoms with Crippen LogP contribution in [-0.2, 0) is 13.6 Å². The van der Waals surface area contributed by atoms with Crippen LogP contribution in [0.4, 0.5) is 0 Å². The van der Waals surface area contributed by atoms with Gasteiger partial charge in [0.15, 0.2) is 0 Å². The zero-order chi connectivity index (χ0) is 13.9. The number of hydrogen-bond acceptors (Lipinski definition) is 3. The van der Waals surface area contributed by atoms with E-state index in [1.165, 1.54) is 26.4 Å². The van der Waals surface area contributed by atoms with E-state index >= 15 is 0 Å². The Bertz CT molecular complexity index is 522. The van der Waals surface area contributed by atoms with Gasteiger partial charge in [-0.25, -0.2) is 0 Å². The highest BCUT2D eigenvalue weighted by atomic mass is 35.5. The Morgan fingerprint density at radius 1 is 1.11 bits per heavy atom. The molecule has 0 N–H and O–H groups in total. The van der Waals surface area contributed by atoms with Gasteiger partial charge in [-0.05, 0) is 12.1 Å². The molecular weight excluding hydrogens is 341 g/mol. The molecule has 100 valence electrons. The zero-order valence-electron chi connectivity index (χ0n) is 9.42. The maximum absolute atomic E-state index is 12.3. The summed E-state index contributed by atoms with van der Waals surface area (Å²) < 4.78 is 22.0. The van der Waals surface area contributed by atoms with E-state index in [0.29, 0.717) is 5.56 Å². The lowest BCUT2D eigenvalue weighted by atomic mass is 10.2. The predicted molar refractivity (Wildman–Crippen MR) is 76.9 cm³/mol. The average molecular weight is 350 g/mol. The molecule has 0 saturated heterocycles. The van der Waals surface area contributed by atoms with E-state index in [-0.39, 0.29) is 20.4 Å².